The molecule has 0 saturated heterocycles. The molecule has 164 valence electrons. The minimum Gasteiger partial charge on any atom is -0.493 e. The number of thiophene rings is 1. The average molecular weight is 463 g/mol. The molecule has 0 unspecified atom stereocenters. The molecular weight excluding hydrogens is 440 g/mol. The Morgan fingerprint density at radius 2 is 1.74 bits per heavy atom. The van der Waals surface area contributed by atoms with E-state index in [1.807, 2.05) is 24.3 Å². The summed E-state index contributed by atoms with van der Waals surface area (Å²) in [6, 6.07) is 11.1. The maximum Gasteiger partial charge on any atom is 0.263 e. The number of carbonyl (C=O) groups excluding carboxylic acids is 2. The zero-order valence-electron chi connectivity index (χ0n) is 17.7. The number of carbonyl (C=O) groups is 2. The number of likely N-dealkylation sites (N-methyl/N-ethyl adjacent to an activating group) is 1. The molecule has 1 heterocycles. The van der Waals surface area contributed by atoms with Crippen LogP contribution in [-0.4, -0.2) is 51.6 Å². The summed E-state index contributed by atoms with van der Waals surface area (Å²) in [6.07, 6.45) is 0. The first-order valence-electron chi connectivity index (χ1n) is 9.38. The highest BCUT2D eigenvalue weighted by Crippen LogP contribution is 2.40. The molecule has 0 spiro atoms. The topological polar surface area (TPSA) is 77.1 Å². The second kappa shape index (κ2) is 9.89. The van der Waals surface area contributed by atoms with Crippen molar-refractivity contribution in [2.75, 3.05) is 34.9 Å². The van der Waals surface area contributed by atoms with Gasteiger partial charge in [0.1, 0.15) is 4.88 Å². The van der Waals surface area contributed by atoms with Crippen molar-refractivity contribution < 1.29 is 23.8 Å². The van der Waals surface area contributed by atoms with Crippen LogP contribution in [0.2, 0.25) is 5.02 Å². The molecule has 0 radical (unpaired) electrons. The van der Waals surface area contributed by atoms with Crippen LogP contribution in [0.25, 0.3) is 10.1 Å². The lowest BCUT2D eigenvalue weighted by molar-refractivity contribution is -0.129. The lowest BCUT2D eigenvalue weighted by Gasteiger charge is -2.21. The maximum absolute atomic E-state index is 12.6. The molecule has 0 bridgehead atoms. The van der Waals surface area contributed by atoms with E-state index in [4.69, 9.17) is 25.8 Å². The maximum atomic E-state index is 12.6. The van der Waals surface area contributed by atoms with Crippen LogP contribution in [0.15, 0.2) is 36.4 Å². The average Bonchev–Trinajstić information content (AvgIpc) is 3.13. The fourth-order valence-corrected chi connectivity index (χ4v) is 4.60. The normalized spacial score (nSPS) is 10.6. The van der Waals surface area contributed by atoms with Gasteiger partial charge in [0, 0.05) is 29.2 Å². The molecule has 2 aromatic carbocycles. The van der Waals surface area contributed by atoms with Gasteiger partial charge < -0.3 is 24.4 Å². The molecule has 0 fully saturated rings. The van der Waals surface area contributed by atoms with Crippen molar-refractivity contribution in [3.05, 3.63) is 51.9 Å². The third-order valence-corrected chi connectivity index (χ3v) is 6.43. The van der Waals surface area contributed by atoms with E-state index in [0.717, 1.165) is 15.6 Å². The van der Waals surface area contributed by atoms with Gasteiger partial charge in [0.05, 0.1) is 32.9 Å². The van der Waals surface area contributed by atoms with Gasteiger partial charge in [-0.2, -0.15) is 0 Å². The van der Waals surface area contributed by atoms with Gasteiger partial charge in [-0.1, -0.05) is 29.8 Å². The third kappa shape index (κ3) is 4.70. The zero-order chi connectivity index (χ0) is 22.5. The van der Waals surface area contributed by atoms with Crippen molar-refractivity contribution in [3.8, 4) is 17.2 Å². The molecule has 0 aliphatic heterocycles. The molecule has 3 aromatic rings. The summed E-state index contributed by atoms with van der Waals surface area (Å²) in [4.78, 5) is 27.1. The summed E-state index contributed by atoms with van der Waals surface area (Å²) in [6.45, 7) is 0.109. The fourth-order valence-electron chi connectivity index (χ4n) is 3.16. The molecule has 7 nitrogen and oxygen atoms in total. The third-order valence-electron chi connectivity index (χ3n) is 4.76. The van der Waals surface area contributed by atoms with E-state index in [1.165, 1.54) is 37.6 Å². The summed E-state index contributed by atoms with van der Waals surface area (Å²) in [7, 11) is 6.24. The molecule has 0 atom stereocenters. The molecule has 9 heteroatoms. The molecule has 0 aliphatic rings. The second-order valence-corrected chi connectivity index (χ2v) is 8.10. The van der Waals surface area contributed by atoms with Crippen molar-refractivity contribution >= 4 is 44.8 Å². The molecule has 1 aromatic heterocycles. The number of fused-ring (bicyclic) bond motifs is 1. The summed E-state index contributed by atoms with van der Waals surface area (Å²) in [5, 5.41) is 3.88. The highest BCUT2D eigenvalue weighted by atomic mass is 35.5. The fraction of sp³-hybridized carbons (Fsp3) is 0.273. The minimum atomic E-state index is -0.378. The summed E-state index contributed by atoms with van der Waals surface area (Å²) in [5.74, 6) is 0.835. The van der Waals surface area contributed by atoms with Crippen LogP contribution in [0.3, 0.4) is 0 Å². The Hall–Kier alpha value is -2.97. The van der Waals surface area contributed by atoms with Gasteiger partial charge in [0.25, 0.3) is 5.91 Å². The number of hydrogen-bond donors (Lipinski definition) is 1. The number of hydrogen-bond acceptors (Lipinski definition) is 6. The van der Waals surface area contributed by atoms with E-state index < -0.39 is 0 Å². The molecule has 0 saturated carbocycles. The van der Waals surface area contributed by atoms with Gasteiger partial charge in [-0.05, 0) is 18.2 Å². The van der Waals surface area contributed by atoms with Crippen LogP contribution < -0.4 is 19.5 Å². The van der Waals surface area contributed by atoms with Crippen molar-refractivity contribution in [2.45, 2.75) is 6.54 Å². The van der Waals surface area contributed by atoms with Crippen molar-refractivity contribution in [1.82, 2.24) is 10.2 Å². The molecule has 1 N–H and O–H groups in total. The number of methoxy groups -OCH3 is 3. The molecule has 2 amide bonds. The Labute approximate surface area is 189 Å². The molecular formula is C22H23ClN2O5S. The number of rotatable bonds is 8. The van der Waals surface area contributed by atoms with E-state index in [9.17, 15) is 9.59 Å². The summed E-state index contributed by atoms with van der Waals surface area (Å²) < 4.78 is 17.0. The highest BCUT2D eigenvalue weighted by molar-refractivity contribution is 7.21. The van der Waals surface area contributed by atoms with Crippen LogP contribution in [0.4, 0.5) is 0 Å². The first-order valence-corrected chi connectivity index (χ1v) is 10.6. The Balaban J connectivity index is 1.67. The van der Waals surface area contributed by atoms with Gasteiger partial charge in [0.2, 0.25) is 11.7 Å². The molecule has 31 heavy (non-hydrogen) atoms. The van der Waals surface area contributed by atoms with Gasteiger partial charge >= 0.3 is 0 Å². The van der Waals surface area contributed by atoms with Gasteiger partial charge in [-0.3, -0.25) is 9.59 Å². The quantitative estimate of drug-likeness (QED) is 0.548. The minimum absolute atomic E-state index is 0.157. The van der Waals surface area contributed by atoms with Crippen molar-refractivity contribution in [3.63, 3.8) is 0 Å². The Bertz CT molecular complexity index is 1110. The Kier molecular flexibility index (Phi) is 7.25. The zero-order valence-corrected chi connectivity index (χ0v) is 19.2. The van der Waals surface area contributed by atoms with Crippen LogP contribution in [0.5, 0.6) is 17.2 Å². The smallest absolute Gasteiger partial charge is 0.263 e. The van der Waals surface area contributed by atoms with Crippen LogP contribution in [-0.2, 0) is 11.3 Å². The monoisotopic (exact) mass is 462 g/mol. The number of ether oxygens (including phenoxy) is 3. The largest absolute Gasteiger partial charge is 0.493 e. The van der Waals surface area contributed by atoms with Crippen molar-refractivity contribution in [1.29, 1.82) is 0 Å². The number of halogens is 1. The Morgan fingerprint density at radius 1 is 1.03 bits per heavy atom. The lowest BCUT2D eigenvalue weighted by atomic mass is 10.1. The first-order chi connectivity index (χ1) is 14.9. The predicted molar refractivity (Wildman–Crippen MR) is 122 cm³/mol. The van der Waals surface area contributed by atoms with E-state index in [1.54, 1.807) is 19.2 Å². The number of nitrogens with zero attached hydrogens (tertiary/aromatic N) is 1. The number of benzene rings is 2. The predicted octanol–water partition coefficient (Wildman–Crippen LogP) is 3.97. The Morgan fingerprint density at radius 3 is 2.39 bits per heavy atom. The molecule has 0 aliphatic carbocycles. The van der Waals surface area contributed by atoms with E-state index in [0.29, 0.717) is 27.1 Å². The highest BCUT2D eigenvalue weighted by Gasteiger charge is 2.21. The van der Waals surface area contributed by atoms with Crippen LogP contribution >= 0.6 is 22.9 Å². The van der Waals surface area contributed by atoms with Crippen LogP contribution in [0.1, 0.15) is 15.2 Å². The first kappa shape index (κ1) is 22.7. The molecule has 3 rings (SSSR count). The van der Waals surface area contributed by atoms with E-state index in [2.05, 4.69) is 5.32 Å². The van der Waals surface area contributed by atoms with Gasteiger partial charge in [-0.15, -0.1) is 11.3 Å². The number of nitrogens with one attached hydrogen (secondary N) is 1. The van der Waals surface area contributed by atoms with Crippen molar-refractivity contribution in [2.24, 2.45) is 0 Å². The standard InChI is InChI=1S/C22H23ClN2O5S/c1-25(12-13-9-10-15(28-2)20(30-4)19(13)29-3)17(26)11-24-22(27)21-18(23)14-7-5-6-8-16(14)31-21/h5-10H,11-12H2,1-4H3,(H,24,27). The summed E-state index contributed by atoms with van der Waals surface area (Å²) >= 11 is 7.64. The van der Waals surface area contributed by atoms with E-state index >= 15 is 0 Å². The van der Waals surface area contributed by atoms with Crippen LogP contribution in [0, 0.1) is 0 Å². The van der Waals surface area contributed by atoms with Gasteiger partial charge in [0.15, 0.2) is 11.5 Å². The number of amides is 2. The van der Waals surface area contributed by atoms with E-state index in [-0.39, 0.29) is 24.9 Å². The SMILES string of the molecule is COc1ccc(CN(C)C(=O)CNC(=O)c2sc3ccccc3c2Cl)c(OC)c1OC. The van der Waals surface area contributed by atoms with Gasteiger partial charge in [-0.25, -0.2) is 0 Å². The summed E-state index contributed by atoms with van der Waals surface area (Å²) in [5.41, 5.74) is 0.745. The lowest BCUT2D eigenvalue weighted by Crippen LogP contribution is -2.37. The second-order valence-electron chi connectivity index (χ2n) is 6.67.